The number of alkyl halides is 3. The zero-order valence-corrected chi connectivity index (χ0v) is 10.5. The van der Waals surface area contributed by atoms with E-state index in [4.69, 9.17) is 5.11 Å². The summed E-state index contributed by atoms with van der Waals surface area (Å²) in [5, 5.41) is 8.80. The van der Waals surface area contributed by atoms with Crippen LogP contribution in [0.3, 0.4) is 0 Å². The molecule has 108 valence electrons. The predicted octanol–water partition coefficient (Wildman–Crippen LogP) is 1.72. The van der Waals surface area contributed by atoms with Crippen molar-refractivity contribution < 1.29 is 37.4 Å². The lowest BCUT2D eigenvalue weighted by atomic mass is 9.78. The molecule has 0 aromatic carbocycles. The van der Waals surface area contributed by atoms with Gasteiger partial charge in [0.05, 0.1) is 0 Å². The summed E-state index contributed by atoms with van der Waals surface area (Å²) in [6, 6.07) is 0. The lowest BCUT2D eigenvalue weighted by molar-refractivity contribution is -0.247. The van der Waals surface area contributed by atoms with Crippen LogP contribution in [-0.4, -0.2) is 35.1 Å². The van der Waals surface area contributed by atoms with Crippen LogP contribution in [0.15, 0.2) is 12.2 Å². The topological polar surface area (TPSA) is 80.7 Å². The number of rotatable bonds is 5. The average molecular weight is 282 g/mol. The summed E-state index contributed by atoms with van der Waals surface area (Å²) in [6.07, 6.45) is -7.62. The van der Waals surface area contributed by atoms with Crippen LogP contribution >= 0.6 is 0 Å². The summed E-state index contributed by atoms with van der Waals surface area (Å²) < 4.78 is 43.3. The highest BCUT2D eigenvalue weighted by Crippen LogP contribution is 2.43. The van der Waals surface area contributed by atoms with Gasteiger partial charge < -0.3 is 9.84 Å². The molecule has 0 amide bonds. The van der Waals surface area contributed by atoms with Crippen molar-refractivity contribution in [3.05, 3.63) is 12.2 Å². The summed E-state index contributed by atoms with van der Waals surface area (Å²) in [5.41, 5.74) is -4.00. The van der Waals surface area contributed by atoms with Crippen molar-refractivity contribution in [1.29, 1.82) is 0 Å². The molecule has 0 bridgehead atoms. The Hall–Kier alpha value is -1.86. The Kier molecular flexibility index (Phi) is 4.88. The molecule has 0 fully saturated rings. The first kappa shape index (κ1) is 17.1. The van der Waals surface area contributed by atoms with Crippen molar-refractivity contribution in [2.45, 2.75) is 33.1 Å². The lowest BCUT2D eigenvalue weighted by Crippen LogP contribution is -2.58. The van der Waals surface area contributed by atoms with E-state index in [0.29, 0.717) is 13.8 Å². The van der Waals surface area contributed by atoms with E-state index in [-0.39, 0.29) is 5.57 Å². The van der Waals surface area contributed by atoms with Crippen LogP contribution in [0.2, 0.25) is 0 Å². The van der Waals surface area contributed by atoms with Crippen molar-refractivity contribution in [3.8, 4) is 0 Å². The van der Waals surface area contributed by atoms with Crippen LogP contribution in [0.25, 0.3) is 0 Å². The molecule has 0 aliphatic rings. The molecule has 0 spiro atoms. The Bertz CT molecular complexity index is 411. The molecule has 0 radical (unpaired) electrons. The second-order valence-electron chi connectivity index (χ2n) is 3.99. The van der Waals surface area contributed by atoms with Crippen LogP contribution in [-0.2, 0) is 19.1 Å². The molecule has 8 heteroatoms. The minimum Gasteiger partial charge on any atom is -0.480 e. The number of hydrogen-bond acceptors (Lipinski definition) is 4. The summed E-state index contributed by atoms with van der Waals surface area (Å²) in [5.74, 6) is -5.30. The summed E-state index contributed by atoms with van der Waals surface area (Å²) in [6.45, 7) is 5.51. The third kappa shape index (κ3) is 2.94. The fraction of sp³-hybridized carbons (Fsp3) is 0.545. The zero-order chi connectivity index (χ0) is 15.6. The van der Waals surface area contributed by atoms with E-state index in [2.05, 4.69) is 11.3 Å². The molecule has 0 aliphatic carbocycles. The summed E-state index contributed by atoms with van der Waals surface area (Å²) in [4.78, 5) is 33.4. The number of ketones is 1. The van der Waals surface area contributed by atoms with Gasteiger partial charge >= 0.3 is 18.1 Å². The minimum atomic E-state index is -5.40. The Labute approximate surface area is 107 Å². The van der Waals surface area contributed by atoms with Gasteiger partial charge in [0.15, 0.2) is 5.78 Å². The number of hydrogen-bond donors (Lipinski definition) is 1. The zero-order valence-electron chi connectivity index (χ0n) is 10.5. The van der Waals surface area contributed by atoms with Gasteiger partial charge in [-0.05, 0) is 20.8 Å². The first-order valence-electron chi connectivity index (χ1n) is 5.06. The number of carboxylic acid groups (broad SMARTS) is 1. The molecule has 19 heavy (non-hydrogen) atoms. The normalized spacial score (nSPS) is 16.1. The van der Waals surface area contributed by atoms with E-state index in [0.717, 1.165) is 0 Å². The number of Topliss-reactive ketones (excluding diaryl/α,β-unsaturated/α-hetero) is 1. The van der Waals surface area contributed by atoms with Crippen LogP contribution in [0, 0.1) is 5.41 Å². The van der Waals surface area contributed by atoms with Gasteiger partial charge in [-0.15, -0.1) is 0 Å². The second-order valence-corrected chi connectivity index (χ2v) is 3.99. The van der Waals surface area contributed by atoms with Crippen LogP contribution in [0.1, 0.15) is 20.8 Å². The Morgan fingerprint density at radius 1 is 1.21 bits per heavy atom. The number of carbonyl (C=O) groups excluding carboxylic acids is 2. The molecular weight excluding hydrogens is 269 g/mol. The van der Waals surface area contributed by atoms with Gasteiger partial charge in [0.25, 0.3) is 5.41 Å². The molecule has 5 nitrogen and oxygen atoms in total. The number of carbonyl (C=O) groups is 3. The highest BCUT2D eigenvalue weighted by molar-refractivity contribution is 6.04. The van der Waals surface area contributed by atoms with Gasteiger partial charge in [0, 0.05) is 5.57 Å². The third-order valence-electron chi connectivity index (χ3n) is 2.58. The highest BCUT2D eigenvalue weighted by Gasteiger charge is 2.69. The van der Waals surface area contributed by atoms with Gasteiger partial charge in [-0.2, -0.15) is 13.2 Å². The standard InChI is InChI=1S/C11H13F3O5/c1-5(2)8(16)19-7(4)10(6(3)15,9(17)18)11(12,13)14/h7H,1H2,2-4H3,(H,17,18). The van der Waals surface area contributed by atoms with Gasteiger partial charge in [-0.25, -0.2) is 4.79 Å². The maximum atomic E-state index is 13.0. The number of ether oxygens (including phenoxy) is 1. The van der Waals surface area contributed by atoms with Crippen molar-refractivity contribution >= 4 is 17.7 Å². The maximum absolute atomic E-state index is 13.0. The number of esters is 1. The van der Waals surface area contributed by atoms with Crippen LogP contribution < -0.4 is 0 Å². The van der Waals surface area contributed by atoms with Crippen LogP contribution in [0.4, 0.5) is 13.2 Å². The van der Waals surface area contributed by atoms with Crippen molar-refractivity contribution in [2.24, 2.45) is 5.41 Å². The van der Waals surface area contributed by atoms with Gasteiger partial charge in [-0.3, -0.25) is 9.59 Å². The lowest BCUT2D eigenvalue weighted by Gasteiger charge is -2.33. The van der Waals surface area contributed by atoms with E-state index in [9.17, 15) is 27.6 Å². The smallest absolute Gasteiger partial charge is 0.415 e. The minimum absolute atomic E-state index is 0.211. The second kappa shape index (κ2) is 5.41. The molecule has 0 rings (SSSR count). The number of aliphatic carboxylic acids is 1. The largest absolute Gasteiger partial charge is 0.480 e. The van der Waals surface area contributed by atoms with Crippen molar-refractivity contribution in [2.75, 3.05) is 0 Å². The van der Waals surface area contributed by atoms with E-state index in [1.807, 2.05) is 0 Å². The fourth-order valence-electron chi connectivity index (χ4n) is 1.51. The van der Waals surface area contributed by atoms with E-state index in [1.54, 1.807) is 0 Å². The summed E-state index contributed by atoms with van der Waals surface area (Å²) in [7, 11) is 0. The molecule has 0 aromatic rings. The predicted molar refractivity (Wildman–Crippen MR) is 57.2 cm³/mol. The Morgan fingerprint density at radius 2 is 1.63 bits per heavy atom. The molecule has 0 saturated heterocycles. The molecule has 0 aromatic heterocycles. The maximum Gasteiger partial charge on any atom is 0.415 e. The molecule has 1 N–H and O–H groups in total. The fourth-order valence-corrected chi connectivity index (χ4v) is 1.51. The van der Waals surface area contributed by atoms with Crippen molar-refractivity contribution in [3.63, 3.8) is 0 Å². The number of halogens is 3. The molecule has 0 saturated carbocycles. The van der Waals surface area contributed by atoms with E-state index < -0.39 is 35.4 Å². The first-order valence-corrected chi connectivity index (χ1v) is 5.06. The monoisotopic (exact) mass is 282 g/mol. The van der Waals surface area contributed by atoms with Crippen LogP contribution in [0.5, 0.6) is 0 Å². The SMILES string of the molecule is C=C(C)C(=O)OC(C)C(C(C)=O)(C(=O)O)C(F)(F)F. The average Bonchev–Trinajstić information content (AvgIpc) is 2.13. The first-order chi connectivity index (χ1) is 8.38. The van der Waals surface area contributed by atoms with Gasteiger partial charge in [0.2, 0.25) is 0 Å². The van der Waals surface area contributed by atoms with Gasteiger partial charge in [0.1, 0.15) is 6.10 Å². The third-order valence-corrected chi connectivity index (χ3v) is 2.58. The molecule has 0 aliphatic heterocycles. The Morgan fingerprint density at radius 3 is 1.84 bits per heavy atom. The van der Waals surface area contributed by atoms with Crippen molar-refractivity contribution in [1.82, 2.24) is 0 Å². The Balaban J connectivity index is 5.74. The summed E-state index contributed by atoms with van der Waals surface area (Å²) >= 11 is 0. The number of carboxylic acids is 1. The van der Waals surface area contributed by atoms with E-state index in [1.165, 1.54) is 6.92 Å². The quantitative estimate of drug-likeness (QED) is 0.471. The molecular formula is C11H13F3O5. The molecule has 2 unspecified atom stereocenters. The van der Waals surface area contributed by atoms with E-state index >= 15 is 0 Å². The van der Waals surface area contributed by atoms with Gasteiger partial charge in [-0.1, -0.05) is 6.58 Å². The molecule has 0 heterocycles. The highest BCUT2D eigenvalue weighted by atomic mass is 19.4. The molecule has 2 atom stereocenters.